The van der Waals surface area contributed by atoms with E-state index in [1.54, 1.807) is 0 Å². The minimum absolute atomic E-state index is 0.108. The van der Waals surface area contributed by atoms with Crippen molar-refractivity contribution in [3.05, 3.63) is 45.4 Å². The number of carboxylic acid groups (broad SMARTS) is 1. The zero-order valence-electron chi connectivity index (χ0n) is 22.2. The predicted octanol–water partition coefficient (Wildman–Crippen LogP) is 2.52. The Kier molecular flexibility index (Phi) is 8.68. The van der Waals surface area contributed by atoms with Crippen molar-refractivity contribution in [2.45, 2.75) is 37.5 Å². The molecule has 0 saturated carbocycles. The van der Waals surface area contributed by atoms with Gasteiger partial charge in [0.2, 0.25) is 0 Å². The lowest BCUT2D eigenvalue weighted by Gasteiger charge is -2.47. The Labute approximate surface area is 243 Å². The third kappa shape index (κ3) is 5.77. The molecule has 0 bridgehead atoms. The van der Waals surface area contributed by atoms with Crippen LogP contribution in [0.5, 0.6) is 0 Å². The third-order valence-corrected chi connectivity index (χ3v) is 8.58. The number of anilines is 2. The molecular weight excluding hydrogens is 583 g/mol. The van der Waals surface area contributed by atoms with E-state index in [-0.39, 0.29) is 42.7 Å². The fourth-order valence-corrected chi connectivity index (χ4v) is 5.78. The third-order valence-electron chi connectivity index (χ3n) is 7.36. The van der Waals surface area contributed by atoms with Gasteiger partial charge in [-0.3, -0.25) is 19.3 Å². The van der Waals surface area contributed by atoms with Crippen LogP contribution < -0.4 is 15.5 Å². The quantitative estimate of drug-likeness (QED) is 0.385. The summed E-state index contributed by atoms with van der Waals surface area (Å²) in [5, 5.41) is 9.95. The van der Waals surface area contributed by atoms with E-state index in [1.807, 2.05) is 0 Å². The van der Waals surface area contributed by atoms with Crippen molar-refractivity contribution in [2.24, 2.45) is 5.73 Å². The van der Waals surface area contributed by atoms with Gasteiger partial charge in [0.05, 0.1) is 40.1 Å². The number of nitrogens with zero attached hydrogens (tertiary/aromatic N) is 3. The van der Waals surface area contributed by atoms with E-state index >= 15 is 4.39 Å². The van der Waals surface area contributed by atoms with Gasteiger partial charge in [-0.25, -0.2) is 9.18 Å². The monoisotopic (exact) mass is 610 g/mol. The molecule has 0 radical (unpaired) electrons. The molecule has 15 heteroatoms. The maximum Gasteiger partial charge on any atom is 0.414 e. The lowest BCUT2D eigenvalue weighted by molar-refractivity contribution is -0.150. The number of hydrogen-bond acceptors (Lipinski definition) is 9. The first kappa shape index (κ1) is 30.4. The van der Waals surface area contributed by atoms with Crippen LogP contribution in [-0.2, 0) is 23.9 Å². The van der Waals surface area contributed by atoms with E-state index in [0.29, 0.717) is 22.9 Å². The number of benzene rings is 1. The summed E-state index contributed by atoms with van der Waals surface area (Å²) in [5.41, 5.74) is 2.55. The molecule has 220 valence electrons. The molecular formula is C26H28ClFN4O8S. The summed E-state index contributed by atoms with van der Waals surface area (Å²) in [6, 6.07) is 6.93. The Hall–Kier alpha value is -3.59. The van der Waals surface area contributed by atoms with Crippen LogP contribution in [0.2, 0.25) is 4.34 Å². The minimum Gasteiger partial charge on any atom is -0.480 e. The molecule has 3 N–H and O–H groups in total. The van der Waals surface area contributed by atoms with Crippen LogP contribution in [0.1, 0.15) is 29.9 Å². The van der Waals surface area contributed by atoms with Crippen LogP contribution >= 0.6 is 22.9 Å². The Morgan fingerprint density at radius 2 is 2.00 bits per heavy atom. The molecule has 2 aliphatic heterocycles. The number of rotatable bonds is 10. The van der Waals surface area contributed by atoms with Crippen molar-refractivity contribution in [3.8, 4) is 0 Å². The molecule has 12 nitrogen and oxygen atoms in total. The molecule has 3 heterocycles. The minimum atomic E-state index is -2.20. The summed E-state index contributed by atoms with van der Waals surface area (Å²) in [6.45, 7) is 2.73. The topological polar surface area (TPSA) is 160 Å². The van der Waals surface area contributed by atoms with Gasteiger partial charge in [0.15, 0.2) is 0 Å². The first-order valence-electron chi connectivity index (χ1n) is 12.5. The maximum atomic E-state index is 15.2. The van der Waals surface area contributed by atoms with Gasteiger partial charge in [0.25, 0.3) is 11.8 Å². The standard InChI is InChI=1S/C26H28ClFN4O8S/c1-25(2,26(29,7-9-33)23(36)37)32(22(35)19-5-6-20(27)41-19)13-16-12-31(24(38)40-16)18-4-3-15(11-17(18)28)30-8-10-39-14-21(30)34/h3-6,9,11,16H,7-8,10,12-14,29H2,1-2H3,(H,36,37)/t16-,26+/m1/s1. The predicted molar refractivity (Wildman–Crippen MR) is 147 cm³/mol. The molecule has 2 atom stereocenters. The van der Waals surface area contributed by atoms with Crippen LogP contribution in [-0.4, -0.2) is 90.2 Å². The van der Waals surface area contributed by atoms with Gasteiger partial charge in [-0.05, 0) is 44.2 Å². The van der Waals surface area contributed by atoms with Crippen LogP contribution in [0.4, 0.5) is 20.6 Å². The molecule has 0 spiro atoms. The first-order chi connectivity index (χ1) is 19.3. The highest BCUT2D eigenvalue weighted by atomic mass is 35.5. The van der Waals surface area contributed by atoms with E-state index in [4.69, 9.17) is 26.8 Å². The molecule has 2 aliphatic rings. The molecule has 2 saturated heterocycles. The largest absolute Gasteiger partial charge is 0.480 e. The average Bonchev–Trinajstić information content (AvgIpc) is 3.52. The molecule has 0 aliphatic carbocycles. The highest BCUT2D eigenvalue weighted by Gasteiger charge is 2.54. The number of carbonyl (C=O) groups is 5. The van der Waals surface area contributed by atoms with E-state index in [0.717, 1.165) is 27.2 Å². The molecule has 2 aromatic rings. The normalized spacial score (nSPS) is 19.1. The maximum absolute atomic E-state index is 15.2. The fraction of sp³-hybridized carbons (Fsp3) is 0.423. The Bertz CT molecular complexity index is 1390. The van der Waals surface area contributed by atoms with Crippen molar-refractivity contribution in [1.29, 1.82) is 0 Å². The summed E-state index contributed by atoms with van der Waals surface area (Å²) < 4.78 is 26.1. The van der Waals surface area contributed by atoms with Crippen molar-refractivity contribution < 1.29 is 42.9 Å². The summed E-state index contributed by atoms with van der Waals surface area (Å²) >= 11 is 6.97. The SMILES string of the molecule is CC(C)(N(C[C@H]1CN(c2ccc(N3CCOCC3=O)cc2F)C(=O)O1)C(=O)c1ccc(Cl)s1)[C@](N)(CC=O)C(=O)O. The number of aliphatic carboxylic acids is 1. The Morgan fingerprint density at radius 1 is 1.27 bits per heavy atom. The number of halogens is 2. The van der Waals surface area contributed by atoms with E-state index in [2.05, 4.69) is 0 Å². The van der Waals surface area contributed by atoms with Crippen molar-refractivity contribution in [3.63, 3.8) is 0 Å². The number of amides is 3. The smallest absolute Gasteiger partial charge is 0.414 e. The zero-order chi connectivity index (χ0) is 30.1. The van der Waals surface area contributed by atoms with Crippen molar-refractivity contribution in [2.75, 3.05) is 42.6 Å². The van der Waals surface area contributed by atoms with E-state index < -0.39 is 47.4 Å². The number of carboxylic acids is 1. The number of ether oxygens (including phenoxy) is 2. The van der Waals surface area contributed by atoms with Gasteiger partial charge in [-0.15, -0.1) is 11.3 Å². The summed E-state index contributed by atoms with van der Waals surface area (Å²) in [7, 11) is 0. The molecule has 1 aromatic carbocycles. The van der Waals surface area contributed by atoms with Gasteiger partial charge >= 0.3 is 12.1 Å². The number of aldehydes is 1. The molecule has 2 fully saturated rings. The number of carbonyl (C=O) groups excluding carboxylic acids is 4. The summed E-state index contributed by atoms with van der Waals surface area (Å²) in [4.78, 5) is 66.0. The lowest BCUT2D eigenvalue weighted by atomic mass is 9.76. The molecule has 41 heavy (non-hydrogen) atoms. The second-order valence-electron chi connectivity index (χ2n) is 10.1. The van der Waals surface area contributed by atoms with Crippen LogP contribution in [0.15, 0.2) is 30.3 Å². The van der Waals surface area contributed by atoms with Gasteiger partial charge in [0, 0.05) is 18.7 Å². The van der Waals surface area contributed by atoms with E-state index in [1.165, 1.54) is 43.0 Å². The molecule has 1 aromatic heterocycles. The van der Waals surface area contributed by atoms with Crippen molar-refractivity contribution in [1.82, 2.24) is 4.90 Å². The number of morpholine rings is 1. The van der Waals surface area contributed by atoms with Gasteiger partial charge < -0.3 is 34.9 Å². The van der Waals surface area contributed by atoms with Crippen LogP contribution in [0, 0.1) is 5.82 Å². The van der Waals surface area contributed by atoms with E-state index in [9.17, 15) is 29.1 Å². The first-order valence-corrected chi connectivity index (χ1v) is 13.7. The average molecular weight is 611 g/mol. The zero-order valence-corrected chi connectivity index (χ0v) is 23.7. The second-order valence-corrected chi connectivity index (χ2v) is 11.8. The molecule has 3 amide bonds. The lowest BCUT2D eigenvalue weighted by Crippen LogP contribution is -2.71. The van der Waals surface area contributed by atoms with Gasteiger partial charge in [0.1, 0.15) is 30.4 Å². The summed E-state index contributed by atoms with van der Waals surface area (Å²) in [6.07, 6.45) is -2.16. The highest BCUT2D eigenvalue weighted by Crippen LogP contribution is 2.35. The molecule has 4 rings (SSSR count). The second kappa shape index (κ2) is 11.7. The van der Waals surface area contributed by atoms with Crippen molar-refractivity contribution >= 4 is 64.5 Å². The highest BCUT2D eigenvalue weighted by molar-refractivity contribution is 7.18. The number of hydrogen-bond donors (Lipinski definition) is 2. The number of cyclic esters (lactones) is 1. The molecule has 0 unspecified atom stereocenters. The number of nitrogens with two attached hydrogens (primary N) is 1. The van der Waals surface area contributed by atoms with Crippen LogP contribution in [0.3, 0.4) is 0 Å². The van der Waals surface area contributed by atoms with Gasteiger partial charge in [-0.1, -0.05) is 11.6 Å². The van der Waals surface area contributed by atoms with Crippen LogP contribution in [0.25, 0.3) is 0 Å². The van der Waals surface area contributed by atoms with Gasteiger partial charge in [-0.2, -0.15) is 0 Å². The summed E-state index contributed by atoms with van der Waals surface area (Å²) in [5.74, 6) is -3.26. The fourth-order valence-electron chi connectivity index (χ4n) is 4.79. The number of thiophene rings is 1. The Morgan fingerprint density at radius 3 is 2.59 bits per heavy atom. The Balaban J connectivity index is 1.61.